The standard InChI is InChI=1S/C27H25NO4/c1-17(2)16-31-21-13-14-24-22(15-21)25(27(29)28-23-8-6-5-7-18(23)3)26(32-24)19-9-11-20(30-4)12-10-19/h5-15H,1,16H2,2-4H3,(H,28,29). The molecule has 0 bridgehead atoms. The van der Waals surface area contributed by atoms with Gasteiger partial charge in [0.1, 0.15) is 29.4 Å². The smallest absolute Gasteiger partial charge is 0.260 e. The van der Waals surface area contributed by atoms with Gasteiger partial charge in [-0.25, -0.2) is 0 Å². The monoisotopic (exact) mass is 427 g/mol. The molecule has 0 aliphatic heterocycles. The van der Waals surface area contributed by atoms with E-state index in [-0.39, 0.29) is 5.91 Å². The Hall–Kier alpha value is -3.99. The molecule has 0 radical (unpaired) electrons. The summed E-state index contributed by atoms with van der Waals surface area (Å²) in [6, 6.07) is 20.6. The third-order valence-corrected chi connectivity index (χ3v) is 5.12. The summed E-state index contributed by atoms with van der Waals surface area (Å²) in [5.74, 6) is 1.62. The number of amides is 1. The number of furan rings is 1. The molecule has 1 N–H and O–H groups in total. The van der Waals surface area contributed by atoms with Crippen molar-refractivity contribution < 1.29 is 18.7 Å². The average molecular weight is 428 g/mol. The van der Waals surface area contributed by atoms with E-state index < -0.39 is 0 Å². The molecule has 1 aromatic heterocycles. The Bertz CT molecular complexity index is 1290. The van der Waals surface area contributed by atoms with Crippen molar-refractivity contribution in [2.75, 3.05) is 19.0 Å². The molecule has 4 aromatic rings. The first-order valence-electron chi connectivity index (χ1n) is 10.3. The van der Waals surface area contributed by atoms with Crippen molar-refractivity contribution in [3.8, 4) is 22.8 Å². The molecule has 3 aromatic carbocycles. The third kappa shape index (κ3) is 4.37. The molecule has 1 heterocycles. The maximum Gasteiger partial charge on any atom is 0.260 e. The van der Waals surface area contributed by atoms with Gasteiger partial charge in [0.2, 0.25) is 0 Å². The van der Waals surface area contributed by atoms with E-state index >= 15 is 0 Å². The van der Waals surface area contributed by atoms with E-state index in [1.807, 2.05) is 80.6 Å². The van der Waals surface area contributed by atoms with Gasteiger partial charge in [-0.1, -0.05) is 24.8 Å². The zero-order valence-corrected chi connectivity index (χ0v) is 18.4. The molecular weight excluding hydrogens is 402 g/mol. The molecule has 0 aliphatic rings. The van der Waals surface area contributed by atoms with Gasteiger partial charge in [-0.05, 0) is 73.5 Å². The van der Waals surface area contributed by atoms with Crippen LogP contribution in [0.25, 0.3) is 22.3 Å². The molecule has 162 valence electrons. The largest absolute Gasteiger partial charge is 0.497 e. The van der Waals surface area contributed by atoms with Crippen LogP contribution in [0.15, 0.2) is 83.3 Å². The Morgan fingerprint density at radius 3 is 2.44 bits per heavy atom. The van der Waals surface area contributed by atoms with Crippen molar-refractivity contribution in [2.24, 2.45) is 0 Å². The Morgan fingerprint density at radius 2 is 1.75 bits per heavy atom. The predicted octanol–water partition coefficient (Wildman–Crippen LogP) is 6.62. The lowest BCUT2D eigenvalue weighted by Gasteiger charge is -2.09. The highest BCUT2D eigenvalue weighted by molar-refractivity contribution is 6.16. The number of benzene rings is 3. The van der Waals surface area contributed by atoms with Crippen molar-refractivity contribution in [1.29, 1.82) is 0 Å². The van der Waals surface area contributed by atoms with Crippen molar-refractivity contribution >= 4 is 22.6 Å². The number of hydrogen-bond donors (Lipinski definition) is 1. The van der Waals surface area contributed by atoms with Gasteiger partial charge in [0.25, 0.3) is 5.91 Å². The van der Waals surface area contributed by atoms with Crippen molar-refractivity contribution in [3.63, 3.8) is 0 Å². The second-order valence-corrected chi connectivity index (χ2v) is 7.71. The van der Waals surface area contributed by atoms with Crippen LogP contribution >= 0.6 is 0 Å². The quantitative estimate of drug-likeness (QED) is 0.337. The number of para-hydroxylation sites is 1. The van der Waals surface area contributed by atoms with E-state index in [2.05, 4.69) is 11.9 Å². The molecule has 0 unspecified atom stereocenters. The van der Waals surface area contributed by atoms with Crippen molar-refractivity contribution in [3.05, 3.63) is 90.0 Å². The minimum absolute atomic E-state index is 0.249. The molecular formula is C27H25NO4. The summed E-state index contributed by atoms with van der Waals surface area (Å²) in [5.41, 5.74) is 4.48. The van der Waals surface area contributed by atoms with Crippen LogP contribution in [-0.2, 0) is 0 Å². The van der Waals surface area contributed by atoms with Crippen LogP contribution in [0.4, 0.5) is 5.69 Å². The van der Waals surface area contributed by atoms with E-state index in [0.29, 0.717) is 34.6 Å². The summed E-state index contributed by atoms with van der Waals surface area (Å²) in [7, 11) is 1.61. The van der Waals surface area contributed by atoms with Gasteiger partial charge in [0.15, 0.2) is 0 Å². The van der Waals surface area contributed by atoms with Gasteiger partial charge in [-0.15, -0.1) is 0 Å². The number of fused-ring (bicyclic) bond motifs is 1. The summed E-state index contributed by atoms with van der Waals surface area (Å²) in [6.45, 7) is 8.13. The number of rotatable bonds is 7. The molecule has 0 saturated carbocycles. The van der Waals surface area contributed by atoms with Crippen LogP contribution in [0.3, 0.4) is 0 Å². The maximum absolute atomic E-state index is 13.5. The lowest BCUT2D eigenvalue weighted by molar-refractivity contribution is 0.102. The van der Waals surface area contributed by atoms with Crippen LogP contribution in [0.1, 0.15) is 22.8 Å². The van der Waals surface area contributed by atoms with Crippen molar-refractivity contribution in [1.82, 2.24) is 0 Å². The van der Waals surface area contributed by atoms with Crippen molar-refractivity contribution in [2.45, 2.75) is 13.8 Å². The number of nitrogens with one attached hydrogen (secondary N) is 1. The first-order valence-corrected chi connectivity index (χ1v) is 10.3. The lowest BCUT2D eigenvalue weighted by atomic mass is 10.0. The topological polar surface area (TPSA) is 60.7 Å². The van der Waals surface area contributed by atoms with Crippen LogP contribution in [-0.4, -0.2) is 19.6 Å². The molecule has 5 heteroatoms. The van der Waals surface area contributed by atoms with E-state index in [1.54, 1.807) is 7.11 Å². The predicted molar refractivity (Wildman–Crippen MR) is 128 cm³/mol. The Balaban J connectivity index is 1.82. The number of ether oxygens (including phenoxy) is 2. The Labute approximate surface area is 187 Å². The van der Waals surface area contributed by atoms with Gasteiger partial charge in [0, 0.05) is 16.6 Å². The molecule has 32 heavy (non-hydrogen) atoms. The highest BCUT2D eigenvalue weighted by atomic mass is 16.5. The summed E-state index contributed by atoms with van der Waals surface area (Å²) in [4.78, 5) is 13.5. The lowest BCUT2D eigenvalue weighted by Crippen LogP contribution is -2.13. The van der Waals surface area contributed by atoms with E-state index in [9.17, 15) is 4.79 Å². The van der Waals surface area contributed by atoms with Gasteiger partial charge >= 0.3 is 0 Å². The van der Waals surface area contributed by atoms with Gasteiger partial charge in [0.05, 0.1) is 12.7 Å². The van der Waals surface area contributed by atoms with Crippen LogP contribution in [0.2, 0.25) is 0 Å². The zero-order valence-electron chi connectivity index (χ0n) is 18.4. The molecule has 1 amide bonds. The number of methoxy groups -OCH3 is 1. The zero-order chi connectivity index (χ0) is 22.7. The SMILES string of the molecule is C=C(C)COc1ccc2oc(-c3ccc(OC)cc3)c(C(=O)Nc3ccccc3C)c2c1. The molecule has 0 saturated heterocycles. The van der Waals surface area contributed by atoms with E-state index in [1.165, 1.54) is 0 Å². The third-order valence-electron chi connectivity index (χ3n) is 5.12. The molecule has 5 nitrogen and oxygen atoms in total. The van der Waals surface area contributed by atoms with E-state index in [0.717, 1.165) is 28.1 Å². The fraction of sp³-hybridized carbons (Fsp3) is 0.148. The molecule has 0 atom stereocenters. The summed E-state index contributed by atoms with van der Waals surface area (Å²) < 4.78 is 17.2. The number of carbonyl (C=O) groups excluding carboxylic acids is 1. The van der Waals surface area contributed by atoms with Crippen LogP contribution in [0, 0.1) is 6.92 Å². The van der Waals surface area contributed by atoms with Crippen LogP contribution < -0.4 is 14.8 Å². The molecule has 0 fully saturated rings. The first-order chi connectivity index (χ1) is 15.5. The molecule has 0 spiro atoms. The number of carbonyl (C=O) groups is 1. The Kier molecular flexibility index (Phi) is 5.99. The minimum atomic E-state index is -0.249. The second kappa shape index (κ2) is 9.02. The maximum atomic E-state index is 13.5. The molecule has 4 rings (SSSR count). The van der Waals surface area contributed by atoms with Crippen LogP contribution in [0.5, 0.6) is 11.5 Å². The highest BCUT2D eigenvalue weighted by Crippen LogP contribution is 2.37. The molecule has 0 aliphatic carbocycles. The first kappa shape index (κ1) is 21.2. The minimum Gasteiger partial charge on any atom is -0.497 e. The number of aryl methyl sites for hydroxylation is 1. The van der Waals surface area contributed by atoms with Gasteiger partial charge in [-0.2, -0.15) is 0 Å². The fourth-order valence-electron chi connectivity index (χ4n) is 3.44. The van der Waals surface area contributed by atoms with Gasteiger partial charge < -0.3 is 19.2 Å². The Morgan fingerprint density at radius 1 is 1.03 bits per heavy atom. The number of hydrogen-bond acceptors (Lipinski definition) is 4. The summed E-state index contributed by atoms with van der Waals surface area (Å²) >= 11 is 0. The average Bonchev–Trinajstić information content (AvgIpc) is 3.18. The number of anilines is 1. The van der Waals surface area contributed by atoms with Gasteiger partial charge in [-0.3, -0.25) is 4.79 Å². The second-order valence-electron chi connectivity index (χ2n) is 7.71. The normalized spacial score (nSPS) is 10.7. The van der Waals surface area contributed by atoms with E-state index in [4.69, 9.17) is 13.9 Å². The summed E-state index contributed by atoms with van der Waals surface area (Å²) in [5, 5.41) is 3.71. The fourth-order valence-corrected chi connectivity index (χ4v) is 3.44. The highest BCUT2D eigenvalue weighted by Gasteiger charge is 2.23. The summed E-state index contributed by atoms with van der Waals surface area (Å²) in [6.07, 6.45) is 0.